The SMILES string of the molecule is CCOC(=O)c1sc(NC(=O)/C=C/c2ccc(N3CCCS3(=O)=O)cc2)cc1C. The van der Waals surface area contributed by atoms with Crippen molar-refractivity contribution in [3.8, 4) is 0 Å². The van der Waals surface area contributed by atoms with Crippen molar-refractivity contribution < 1.29 is 22.7 Å². The molecule has 1 N–H and O–H groups in total. The summed E-state index contributed by atoms with van der Waals surface area (Å²) in [5.41, 5.74) is 2.15. The highest BCUT2D eigenvalue weighted by Crippen LogP contribution is 2.27. The summed E-state index contributed by atoms with van der Waals surface area (Å²) < 4.78 is 30.3. The van der Waals surface area contributed by atoms with E-state index in [9.17, 15) is 18.0 Å². The van der Waals surface area contributed by atoms with Gasteiger partial charge in [-0.2, -0.15) is 0 Å². The van der Waals surface area contributed by atoms with Gasteiger partial charge in [-0.25, -0.2) is 13.2 Å². The summed E-state index contributed by atoms with van der Waals surface area (Å²) in [4.78, 5) is 24.5. The summed E-state index contributed by atoms with van der Waals surface area (Å²) in [5.74, 6) is -0.548. The van der Waals surface area contributed by atoms with E-state index in [1.165, 1.54) is 21.7 Å². The van der Waals surface area contributed by atoms with E-state index in [1.807, 2.05) is 0 Å². The van der Waals surface area contributed by atoms with E-state index in [2.05, 4.69) is 5.32 Å². The number of thiophene rings is 1. The Balaban J connectivity index is 1.62. The Bertz CT molecular complexity index is 1040. The van der Waals surface area contributed by atoms with Crippen LogP contribution in [0.1, 0.15) is 34.1 Å². The highest BCUT2D eigenvalue weighted by atomic mass is 32.2. The van der Waals surface area contributed by atoms with E-state index in [0.717, 1.165) is 11.1 Å². The van der Waals surface area contributed by atoms with E-state index in [1.54, 1.807) is 50.3 Å². The number of rotatable bonds is 6. The summed E-state index contributed by atoms with van der Waals surface area (Å²) in [6.45, 7) is 4.32. The van der Waals surface area contributed by atoms with Crippen molar-refractivity contribution in [3.63, 3.8) is 0 Å². The average Bonchev–Trinajstić information content (AvgIpc) is 3.22. The first-order valence-corrected chi connectivity index (χ1v) is 11.6. The monoisotopic (exact) mass is 434 g/mol. The maximum atomic E-state index is 12.2. The van der Waals surface area contributed by atoms with Gasteiger partial charge < -0.3 is 10.1 Å². The Labute approximate surface area is 174 Å². The predicted molar refractivity (Wildman–Crippen MR) is 115 cm³/mol. The van der Waals surface area contributed by atoms with Gasteiger partial charge in [-0.05, 0) is 55.7 Å². The number of carbonyl (C=O) groups is 2. The fourth-order valence-corrected chi connectivity index (χ4v) is 5.49. The number of esters is 1. The lowest BCUT2D eigenvalue weighted by Gasteiger charge is -2.16. The number of anilines is 2. The number of benzene rings is 1. The molecule has 1 saturated heterocycles. The number of hydrogen-bond acceptors (Lipinski definition) is 6. The molecule has 0 spiro atoms. The third-order valence-corrected chi connectivity index (χ3v) is 7.33. The third kappa shape index (κ3) is 5.04. The Kier molecular flexibility index (Phi) is 6.39. The van der Waals surface area contributed by atoms with Crippen LogP contribution in [0.25, 0.3) is 6.08 Å². The number of aryl methyl sites for hydroxylation is 1. The summed E-state index contributed by atoms with van der Waals surface area (Å²) >= 11 is 1.17. The standard InChI is InChI=1S/C20H22N2O5S2/c1-3-27-20(24)19-14(2)13-18(28-19)21-17(23)10-7-15-5-8-16(9-6-15)22-11-4-12-29(22,25)26/h5-10,13H,3-4,11-12H2,1-2H3,(H,21,23)/b10-7+. The number of nitrogens with zero attached hydrogens (tertiary/aromatic N) is 1. The Hall–Kier alpha value is -2.65. The second-order valence-electron chi connectivity index (χ2n) is 6.50. The van der Waals surface area contributed by atoms with E-state index < -0.39 is 16.0 Å². The molecular weight excluding hydrogens is 412 g/mol. The zero-order valence-corrected chi connectivity index (χ0v) is 17.8. The summed E-state index contributed by atoms with van der Waals surface area (Å²) in [6, 6.07) is 8.72. The van der Waals surface area contributed by atoms with Crippen LogP contribution in [0.3, 0.4) is 0 Å². The lowest BCUT2D eigenvalue weighted by Crippen LogP contribution is -2.24. The van der Waals surface area contributed by atoms with Gasteiger partial charge in [-0.1, -0.05) is 12.1 Å². The molecule has 0 saturated carbocycles. The van der Waals surface area contributed by atoms with E-state index >= 15 is 0 Å². The molecule has 1 aliphatic rings. The second-order valence-corrected chi connectivity index (χ2v) is 9.56. The minimum atomic E-state index is -3.21. The molecule has 1 aromatic heterocycles. The van der Waals surface area contributed by atoms with Crippen LogP contribution in [-0.4, -0.2) is 39.2 Å². The topological polar surface area (TPSA) is 92.8 Å². The van der Waals surface area contributed by atoms with E-state index in [0.29, 0.717) is 35.1 Å². The van der Waals surface area contributed by atoms with Crippen LogP contribution < -0.4 is 9.62 Å². The number of nitrogens with one attached hydrogen (secondary N) is 1. The number of ether oxygens (including phenoxy) is 1. The number of sulfonamides is 1. The van der Waals surface area contributed by atoms with Crippen LogP contribution in [-0.2, 0) is 19.6 Å². The quantitative estimate of drug-likeness (QED) is 0.555. The van der Waals surface area contributed by atoms with Gasteiger partial charge in [-0.3, -0.25) is 9.10 Å². The van der Waals surface area contributed by atoms with Crippen LogP contribution in [0.2, 0.25) is 0 Å². The Morgan fingerprint density at radius 2 is 2.00 bits per heavy atom. The maximum absolute atomic E-state index is 12.2. The largest absolute Gasteiger partial charge is 0.462 e. The van der Waals surface area contributed by atoms with Crippen molar-refractivity contribution in [2.75, 3.05) is 28.5 Å². The van der Waals surface area contributed by atoms with Crippen molar-refractivity contribution in [1.29, 1.82) is 0 Å². The molecule has 1 aliphatic heterocycles. The molecule has 1 amide bonds. The van der Waals surface area contributed by atoms with Gasteiger partial charge in [0, 0.05) is 12.6 Å². The smallest absolute Gasteiger partial charge is 0.348 e. The van der Waals surface area contributed by atoms with Crippen LogP contribution in [0.5, 0.6) is 0 Å². The molecule has 29 heavy (non-hydrogen) atoms. The molecule has 0 aliphatic carbocycles. The predicted octanol–water partition coefficient (Wildman–Crippen LogP) is 3.43. The maximum Gasteiger partial charge on any atom is 0.348 e. The molecular formula is C20H22N2O5S2. The second kappa shape index (κ2) is 8.79. The molecule has 9 heteroatoms. The Morgan fingerprint density at radius 1 is 1.28 bits per heavy atom. The number of amides is 1. The minimum Gasteiger partial charge on any atom is -0.462 e. The average molecular weight is 435 g/mol. The van der Waals surface area contributed by atoms with Gasteiger partial charge in [0.15, 0.2) is 0 Å². The fourth-order valence-electron chi connectivity index (χ4n) is 2.96. The lowest BCUT2D eigenvalue weighted by atomic mass is 10.2. The van der Waals surface area contributed by atoms with Gasteiger partial charge in [0.25, 0.3) is 0 Å². The molecule has 154 valence electrons. The summed E-state index contributed by atoms with van der Waals surface area (Å²) in [7, 11) is -3.21. The molecule has 1 fully saturated rings. The zero-order chi connectivity index (χ0) is 21.0. The number of hydrogen-bond donors (Lipinski definition) is 1. The molecule has 2 heterocycles. The molecule has 3 rings (SSSR count). The first-order chi connectivity index (χ1) is 13.8. The molecule has 0 bridgehead atoms. The van der Waals surface area contributed by atoms with E-state index in [-0.39, 0.29) is 11.7 Å². The minimum absolute atomic E-state index is 0.175. The highest BCUT2D eigenvalue weighted by molar-refractivity contribution is 7.93. The zero-order valence-electron chi connectivity index (χ0n) is 16.2. The van der Waals surface area contributed by atoms with Gasteiger partial charge in [0.2, 0.25) is 15.9 Å². The normalized spacial score (nSPS) is 15.6. The first kappa shape index (κ1) is 21.1. The summed E-state index contributed by atoms with van der Waals surface area (Å²) in [5, 5.41) is 3.30. The van der Waals surface area contributed by atoms with Gasteiger partial charge in [0.1, 0.15) is 4.88 Å². The van der Waals surface area contributed by atoms with Gasteiger partial charge in [-0.15, -0.1) is 11.3 Å². The molecule has 0 unspecified atom stereocenters. The number of carbonyl (C=O) groups excluding carboxylic acids is 2. The molecule has 1 aromatic carbocycles. The van der Waals surface area contributed by atoms with Crippen LogP contribution in [0.4, 0.5) is 10.7 Å². The molecule has 7 nitrogen and oxygen atoms in total. The fraction of sp³-hybridized carbons (Fsp3) is 0.300. The Morgan fingerprint density at radius 3 is 2.62 bits per heavy atom. The van der Waals surface area contributed by atoms with Crippen molar-refractivity contribution >= 4 is 50.0 Å². The summed E-state index contributed by atoms with van der Waals surface area (Å²) in [6.07, 6.45) is 3.66. The molecule has 2 aromatic rings. The third-order valence-electron chi connectivity index (χ3n) is 4.33. The molecule has 0 radical (unpaired) electrons. The highest BCUT2D eigenvalue weighted by Gasteiger charge is 2.28. The van der Waals surface area contributed by atoms with Crippen LogP contribution in [0, 0.1) is 6.92 Å². The van der Waals surface area contributed by atoms with E-state index in [4.69, 9.17) is 4.74 Å². The van der Waals surface area contributed by atoms with Crippen molar-refractivity contribution in [2.24, 2.45) is 0 Å². The van der Waals surface area contributed by atoms with Gasteiger partial charge >= 0.3 is 5.97 Å². The van der Waals surface area contributed by atoms with Crippen LogP contribution >= 0.6 is 11.3 Å². The van der Waals surface area contributed by atoms with Crippen LogP contribution in [0.15, 0.2) is 36.4 Å². The lowest BCUT2D eigenvalue weighted by molar-refractivity contribution is -0.111. The molecule has 0 atom stereocenters. The van der Waals surface area contributed by atoms with Gasteiger partial charge in [0.05, 0.1) is 23.0 Å². The van der Waals surface area contributed by atoms with Crippen molar-refractivity contribution in [1.82, 2.24) is 0 Å². The first-order valence-electron chi connectivity index (χ1n) is 9.17. The van der Waals surface area contributed by atoms with Crippen molar-refractivity contribution in [3.05, 3.63) is 52.4 Å². The van der Waals surface area contributed by atoms with Crippen molar-refractivity contribution in [2.45, 2.75) is 20.3 Å².